The van der Waals surface area contributed by atoms with Gasteiger partial charge in [-0.05, 0) is 13.0 Å². The molecule has 0 radical (unpaired) electrons. The van der Waals surface area contributed by atoms with Crippen molar-refractivity contribution in [1.29, 1.82) is 0 Å². The number of rotatable bonds is 6. The van der Waals surface area contributed by atoms with Gasteiger partial charge in [0, 0.05) is 43.2 Å². The van der Waals surface area contributed by atoms with Gasteiger partial charge in [-0.3, -0.25) is 0 Å². The molecule has 0 aliphatic carbocycles. The summed E-state index contributed by atoms with van der Waals surface area (Å²) in [6.07, 6.45) is 4.73. The van der Waals surface area contributed by atoms with Crippen molar-refractivity contribution in [1.82, 2.24) is 25.5 Å². The summed E-state index contributed by atoms with van der Waals surface area (Å²) >= 11 is 1.26. The lowest BCUT2D eigenvalue weighted by atomic mass is 10.3. The summed E-state index contributed by atoms with van der Waals surface area (Å²) in [4.78, 5) is 8.49. The Balaban J connectivity index is 1.91. The van der Waals surface area contributed by atoms with E-state index in [1.54, 1.807) is 19.3 Å². The van der Waals surface area contributed by atoms with E-state index in [4.69, 9.17) is 4.42 Å². The van der Waals surface area contributed by atoms with Gasteiger partial charge in [0.1, 0.15) is 0 Å². The Morgan fingerprint density at radius 1 is 1.28 bits per heavy atom. The smallest absolute Gasteiger partial charge is 0.284 e. The molecule has 0 aliphatic rings. The predicted molar refractivity (Wildman–Crippen MR) is 67.2 cm³/mol. The highest BCUT2D eigenvalue weighted by Gasteiger charge is 2.07. The van der Waals surface area contributed by atoms with Gasteiger partial charge in [-0.15, -0.1) is 10.2 Å². The molecular weight excluding hydrogens is 250 g/mol. The Kier molecular flexibility index (Phi) is 4.66. The highest BCUT2D eigenvalue weighted by molar-refractivity contribution is 7.98. The second-order valence-corrected chi connectivity index (χ2v) is 4.66. The standard InChI is InChI=1S/C11H15N5OS/c1-3-4-12-5-9-6-13-10(14-7-9)18-11-16-15-8(2)17-11/h6-7,12H,3-5H2,1-2H3. The lowest BCUT2D eigenvalue weighted by molar-refractivity contribution is 0.429. The first kappa shape index (κ1) is 13.0. The maximum atomic E-state index is 5.25. The van der Waals surface area contributed by atoms with Gasteiger partial charge in [0.2, 0.25) is 5.89 Å². The van der Waals surface area contributed by atoms with Crippen molar-refractivity contribution in [3.8, 4) is 0 Å². The van der Waals surface area contributed by atoms with Gasteiger partial charge in [-0.1, -0.05) is 6.92 Å². The molecule has 0 aromatic carbocycles. The minimum Gasteiger partial charge on any atom is -0.416 e. The average Bonchev–Trinajstić information content (AvgIpc) is 2.77. The molecule has 0 unspecified atom stereocenters. The summed E-state index contributed by atoms with van der Waals surface area (Å²) in [6, 6.07) is 0. The van der Waals surface area contributed by atoms with Gasteiger partial charge in [-0.25, -0.2) is 9.97 Å². The van der Waals surface area contributed by atoms with E-state index in [1.807, 2.05) is 0 Å². The molecule has 0 atom stereocenters. The summed E-state index contributed by atoms with van der Waals surface area (Å²) in [7, 11) is 0. The van der Waals surface area contributed by atoms with E-state index in [0.29, 0.717) is 16.3 Å². The molecule has 18 heavy (non-hydrogen) atoms. The molecule has 0 saturated heterocycles. The molecule has 0 spiro atoms. The molecular formula is C11H15N5OS. The molecule has 1 N–H and O–H groups in total. The summed E-state index contributed by atoms with van der Waals surface area (Å²) in [6.45, 7) is 5.67. The molecule has 0 bridgehead atoms. The number of hydrogen-bond acceptors (Lipinski definition) is 7. The van der Waals surface area contributed by atoms with Crippen LogP contribution in [0.5, 0.6) is 0 Å². The van der Waals surface area contributed by atoms with Crippen molar-refractivity contribution in [3.63, 3.8) is 0 Å². The fourth-order valence-corrected chi connectivity index (χ4v) is 1.91. The molecule has 7 heteroatoms. The Bertz CT molecular complexity index is 484. The second-order valence-electron chi connectivity index (χ2n) is 3.74. The fourth-order valence-electron chi connectivity index (χ4n) is 1.29. The van der Waals surface area contributed by atoms with E-state index in [9.17, 15) is 0 Å². The Hall–Kier alpha value is -1.47. The first-order valence-corrected chi connectivity index (χ1v) is 6.59. The quantitative estimate of drug-likeness (QED) is 0.630. The number of aromatic nitrogens is 4. The van der Waals surface area contributed by atoms with E-state index < -0.39 is 0 Å². The van der Waals surface area contributed by atoms with E-state index in [-0.39, 0.29) is 0 Å². The molecule has 96 valence electrons. The van der Waals surface area contributed by atoms with Crippen molar-refractivity contribution >= 4 is 11.8 Å². The zero-order valence-corrected chi connectivity index (χ0v) is 11.2. The van der Waals surface area contributed by atoms with Crippen LogP contribution in [0, 0.1) is 6.92 Å². The molecule has 6 nitrogen and oxygen atoms in total. The maximum Gasteiger partial charge on any atom is 0.284 e. The topological polar surface area (TPSA) is 76.7 Å². The summed E-state index contributed by atoms with van der Waals surface area (Å²) in [5.41, 5.74) is 1.06. The average molecular weight is 265 g/mol. The molecule has 0 aliphatic heterocycles. The van der Waals surface area contributed by atoms with Crippen LogP contribution < -0.4 is 5.32 Å². The first-order valence-electron chi connectivity index (χ1n) is 5.77. The number of nitrogens with zero attached hydrogens (tertiary/aromatic N) is 4. The lowest BCUT2D eigenvalue weighted by Crippen LogP contribution is -2.14. The van der Waals surface area contributed by atoms with Gasteiger partial charge < -0.3 is 9.73 Å². The summed E-state index contributed by atoms with van der Waals surface area (Å²) in [5, 5.41) is 12.0. The number of hydrogen-bond donors (Lipinski definition) is 1. The normalized spacial score (nSPS) is 10.8. The first-order chi connectivity index (χ1) is 8.78. The van der Waals surface area contributed by atoms with E-state index >= 15 is 0 Å². The highest BCUT2D eigenvalue weighted by Crippen LogP contribution is 2.22. The molecule has 2 rings (SSSR count). The van der Waals surface area contributed by atoms with Gasteiger partial charge in [0.25, 0.3) is 5.22 Å². The van der Waals surface area contributed by atoms with Crippen LogP contribution in [0.3, 0.4) is 0 Å². The van der Waals surface area contributed by atoms with Crippen LogP contribution in [0.1, 0.15) is 24.8 Å². The van der Waals surface area contributed by atoms with Crippen molar-refractivity contribution in [3.05, 3.63) is 23.8 Å². The van der Waals surface area contributed by atoms with Crippen molar-refractivity contribution in [2.75, 3.05) is 6.54 Å². The van der Waals surface area contributed by atoms with E-state index in [2.05, 4.69) is 32.4 Å². The third kappa shape index (κ3) is 3.78. The van der Waals surface area contributed by atoms with Crippen molar-refractivity contribution in [2.45, 2.75) is 37.2 Å². The molecule has 0 saturated carbocycles. The van der Waals surface area contributed by atoms with Crippen molar-refractivity contribution in [2.24, 2.45) is 0 Å². The largest absolute Gasteiger partial charge is 0.416 e. The van der Waals surface area contributed by atoms with Crippen LogP contribution in [0.4, 0.5) is 0 Å². The fraction of sp³-hybridized carbons (Fsp3) is 0.455. The van der Waals surface area contributed by atoms with Crippen LogP contribution in [0.2, 0.25) is 0 Å². The van der Waals surface area contributed by atoms with Gasteiger partial charge >= 0.3 is 0 Å². The third-order valence-corrected chi connectivity index (χ3v) is 2.86. The Morgan fingerprint density at radius 2 is 2.06 bits per heavy atom. The van der Waals surface area contributed by atoms with Crippen LogP contribution in [0.25, 0.3) is 0 Å². The number of nitrogens with one attached hydrogen (secondary N) is 1. The van der Waals surface area contributed by atoms with Gasteiger partial charge in [-0.2, -0.15) is 0 Å². The highest BCUT2D eigenvalue weighted by atomic mass is 32.2. The third-order valence-electron chi connectivity index (χ3n) is 2.12. The monoisotopic (exact) mass is 265 g/mol. The summed E-state index contributed by atoms with van der Waals surface area (Å²) < 4.78 is 5.25. The van der Waals surface area contributed by atoms with Gasteiger partial charge in [0.15, 0.2) is 5.16 Å². The molecule has 0 amide bonds. The minimum absolute atomic E-state index is 0.462. The lowest BCUT2D eigenvalue weighted by Gasteiger charge is -2.02. The molecule has 0 fully saturated rings. The second kappa shape index (κ2) is 6.46. The molecule has 2 aromatic heterocycles. The van der Waals surface area contributed by atoms with Crippen LogP contribution >= 0.6 is 11.8 Å². The SMILES string of the molecule is CCCNCc1cnc(Sc2nnc(C)o2)nc1. The maximum absolute atomic E-state index is 5.25. The van der Waals surface area contributed by atoms with E-state index in [1.165, 1.54) is 11.8 Å². The Labute approximate surface area is 110 Å². The number of aryl methyl sites for hydroxylation is 1. The predicted octanol–water partition coefficient (Wildman–Crippen LogP) is 1.82. The summed E-state index contributed by atoms with van der Waals surface area (Å²) in [5.74, 6) is 0.540. The zero-order valence-electron chi connectivity index (χ0n) is 10.4. The van der Waals surface area contributed by atoms with Crippen molar-refractivity contribution < 1.29 is 4.42 Å². The Morgan fingerprint density at radius 3 is 2.67 bits per heavy atom. The van der Waals surface area contributed by atoms with Gasteiger partial charge in [0.05, 0.1) is 0 Å². The van der Waals surface area contributed by atoms with Crippen LogP contribution in [-0.2, 0) is 6.54 Å². The van der Waals surface area contributed by atoms with Crippen LogP contribution in [0.15, 0.2) is 27.2 Å². The molecule has 2 heterocycles. The van der Waals surface area contributed by atoms with Crippen LogP contribution in [-0.4, -0.2) is 26.7 Å². The zero-order chi connectivity index (χ0) is 12.8. The minimum atomic E-state index is 0.462. The molecule has 2 aromatic rings. The van der Waals surface area contributed by atoms with E-state index in [0.717, 1.165) is 25.1 Å².